The number of likely N-dealkylation sites (tertiary alicyclic amines) is 1. The van der Waals surface area contributed by atoms with Crippen molar-refractivity contribution >= 4 is 0 Å². The molecule has 3 N–H and O–H groups in total. The van der Waals surface area contributed by atoms with E-state index in [1.807, 2.05) is 6.92 Å². The second kappa shape index (κ2) is 4.94. The maximum atomic E-state index is 9.59. The van der Waals surface area contributed by atoms with Gasteiger partial charge in [0.25, 0.3) is 0 Å². The molecule has 13 heavy (non-hydrogen) atoms. The van der Waals surface area contributed by atoms with Crippen LogP contribution in [0, 0.1) is 0 Å². The molecule has 0 aromatic carbocycles. The first-order valence-corrected chi connectivity index (χ1v) is 5.36. The van der Waals surface area contributed by atoms with Crippen LogP contribution in [-0.4, -0.2) is 34.9 Å². The number of hydrogen-bond donors (Lipinski definition) is 2. The van der Waals surface area contributed by atoms with Gasteiger partial charge in [0, 0.05) is 12.6 Å². The van der Waals surface area contributed by atoms with Crippen LogP contribution in [0.4, 0.5) is 0 Å². The third kappa shape index (κ3) is 2.66. The predicted molar refractivity (Wildman–Crippen MR) is 54.3 cm³/mol. The summed E-state index contributed by atoms with van der Waals surface area (Å²) in [5.41, 5.74) is 5.99. The molecule has 0 spiro atoms. The molecule has 0 aliphatic carbocycles. The normalized spacial score (nSPS) is 30.0. The molecule has 3 nitrogen and oxygen atoms in total. The number of nitrogens with zero attached hydrogens (tertiary/aromatic N) is 1. The maximum Gasteiger partial charge on any atom is 0.0667 e. The molecule has 1 rings (SSSR count). The first-order valence-electron chi connectivity index (χ1n) is 5.36. The van der Waals surface area contributed by atoms with Crippen LogP contribution in [-0.2, 0) is 0 Å². The Bertz CT molecular complexity index is 150. The fourth-order valence-electron chi connectivity index (χ4n) is 2.14. The van der Waals surface area contributed by atoms with E-state index in [1.165, 1.54) is 12.8 Å². The number of piperidine rings is 1. The smallest absolute Gasteiger partial charge is 0.0667 e. The van der Waals surface area contributed by atoms with Crippen molar-refractivity contribution in [1.29, 1.82) is 0 Å². The highest BCUT2D eigenvalue weighted by molar-refractivity contribution is 4.83. The molecule has 1 aliphatic rings. The van der Waals surface area contributed by atoms with Gasteiger partial charge in [-0.1, -0.05) is 13.3 Å². The van der Waals surface area contributed by atoms with Crippen LogP contribution in [0.15, 0.2) is 0 Å². The van der Waals surface area contributed by atoms with Crippen molar-refractivity contribution in [3.63, 3.8) is 0 Å². The summed E-state index contributed by atoms with van der Waals surface area (Å²) < 4.78 is 0. The summed E-state index contributed by atoms with van der Waals surface area (Å²) in [6.45, 7) is 5.01. The van der Waals surface area contributed by atoms with Gasteiger partial charge in [-0.2, -0.15) is 0 Å². The van der Waals surface area contributed by atoms with Crippen LogP contribution < -0.4 is 5.73 Å². The van der Waals surface area contributed by atoms with Crippen molar-refractivity contribution in [2.75, 3.05) is 6.54 Å². The van der Waals surface area contributed by atoms with E-state index in [0.29, 0.717) is 0 Å². The molecule has 3 heteroatoms. The monoisotopic (exact) mass is 186 g/mol. The highest BCUT2D eigenvalue weighted by Gasteiger charge is 2.28. The Kier molecular flexibility index (Phi) is 4.16. The quantitative estimate of drug-likeness (QED) is 0.689. The van der Waals surface area contributed by atoms with E-state index >= 15 is 0 Å². The Morgan fingerprint density at radius 1 is 1.54 bits per heavy atom. The molecule has 0 saturated carbocycles. The van der Waals surface area contributed by atoms with Gasteiger partial charge in [0.1, 0.15) is 0 Å². The van der Waals surface area contributed by atoms with Crippen molar-refractivity contribution in [3.8, 4) is 0 Å². The van der Waals surface area contributed by atoms with Gasteiger partial charge < -0.3 is 10.8 Å². The standard InChI is InChI=1S/C10H22N2O/c1-3-10(11)12-7-5-4-6-9(12)8(2)13/h8-10,13H,3-7,11H2,1-2H3. The number of aliphatic hydroxyl groups excluding tert-OH is 1. The summed E-state index contributed by atoms with van der Waals surface area (Å²) in [6, 6.07) is 0.281. The minimum Gasteiger partial charge on any atom is -0.392 e. The maximum absolute atomic E-state index is 9.59. The molecule has 1 aliphatic heterocycles. The summed E-state index contributed by atoms with van der Waals surface area (Å²) >= 11 is 0. The van der Waals surface area contributed by atoms with Gasteiger partial charge in [0.15, 0.2) is 0 Å². The van der Waals surface area contributed by atoms with E-state index in [0.717, 1.165) is 19.4 Å². The molecule has 0 radical (unpaired) electrons. The Hall–Kier alpha value is -0.120. The van der Waals surface area contributed by atoms with Crippen molar-refractivity contribution in [3.05, 3.63) is 0 Å². The van der Waals surface area contributed by atoms with E-state index < -0.39 is 0 Å². The lowest BCUT2D eigenvalue weighted by molar-refractivity contribution is 0.00991. The topological polar surface area (TPSA) is 49.5 Å². The van der Waals surface area contributed by atoms with Crippen LogP contribution in [0.1, 0.15) is 39.5 Å². The largest absolute Gasteiger partial charge is 0.392 e. The summed E-state index contributed by atoms with van der Waals surface area (Å²) in [7, 11) is 0. The van der Waals surface area contributed by atoms with Crippen LogP contribution in [0.25, 0.3) is 0 Å². The SMILES string of the molecule is CCC(N)N1CCCCC1C(C)O. The predicted octanol–water partition coefficient (Wildman–Crippen LogP) is 0.916. The zero-order chi connectivity index (χ0) is 9.84. The summed E-state index contributed by atoms with van der Waals surface area (Å²) in [5, 5.41) is 9.59. The van der Waals surface area contributed by atoms with Crippen molar-refractivity contribution in [2.24, 2.45) is 5.73 Å². The zero-order valence-electron chi connectivity index (χ0n) is 8.74. The molecule has 0 bridgehead atoms. The average molecular weight is 186 g/mol. The minimum absolute atomic E-state index is 0.125. The summed E-state index contributed by atoms with van der Waals surface area (Å²) in [5.74, 6) is 0. The van der Waals surface area contributed by atoms with Crippen LogP contribution in [0.2, 0.25) is 0 Å². The van der Waals surface area contributed by atoms with Gasteiger partial charge in [0.05, 0.1) is 12.3 Å². The molecule has 1 fully saturated rings. The lowest BCUT2D eigenvalue weighted by Crippen LogP contribution is -2.54. The van der Waals surface area contributed by atoms with Crippen LogP contribution >= 0.6 is 0 Å². The third-order valence-corrected chi connectivity index (χ3v) is 2.99. The first kappa shape index (κ1) is 11.0. The zero-order valence-corrected chi connectivity index (χ0v) is 8.74. The number of hydrogen-bond acceptors (Lipinski definition) is 3. The van der Waals surface area contributed by atoms with Gasteiger partial charge in [-0.15, -0.1) is 0 Å². The highest BCUT2D eigenvalue weighted by Crippen LogP contribution is 2.21. The molecule has 0 amide bonds. The second-order valence-electron chi connectivity index (χ2n) is 4.02. The van der Waals surface area contributed by atoms with Crippen LogP contribution in [0.5, 0.6) is 0 Å². The van der Waals surface area contributed by atoms with Crippen LogP contribution in [0.3, 0.4) is 0 Å². The minimum atomic E-state index is -0.252. The molecule has 78 valence electrons. The Morgan fingerprint density at radius 2 is 2.23 bits per heavy atom. The van der Waals surface area contributed by atoms with Gasteiger partial charge in [-0.05, 0) is 26.2 Å². The molecule has 3 atom stereocenters. The molecule has 1 saturated heterocycles. The highest BCUT2D eigenvalue weighted by atomic mass is 16.3. The van der Waals surface area contributed by atoms with Gasteiger partial charge >= 0.3 is 0 Å². The molecule has 0 aromatic heterocycles. The number of aliphatic hydroxyl groups is 1. The molecule has 1 heterocycles. The Balaban J connectivity index is 2.56. The molecule has 3 unspecified atom stereocenters. The number of nitrogens with two attached hydrogens (primary N) is 1. The fourth-order valence-corrected chi connectivity index (χ4v) is 2.14. The number of rotatable bonds is 3. The average Bonchev–Trinajstić information content (AvgIpc) is 2.16. The van der Waals surface area contributed by atoms with E-state index in [4.69, 9.17) is 5.73 Å². The fraction of sp³-hybridized carbons (Fsp3) is 1.00. The van der Waals surface area contributed by atoms with Gasteiger partial charge in [-0.3, -0.25) is 4.90 Å². The first-order chi connectivity index (χ1) is 6.16. The Morgan fingerprint density at radius 3 is 2.77 bits per heavy atom. The molecular weight excluding hydrogens is 164 g/mol. The van der Waals surface area contributed by atoms with Crippen molar-refractivity contribution in [2.45, 2.75) is 57.8 Å². The summed E-state index contributed by atoms with van der Waals surface area (Å²) in [6.07, 6.45) is 4.37. The Labute approximate surface area is 80.9 Å². The van der Waals surface area contributed by atoms with Crippen molar-refractivity contribution < 1.29 is 5.11 Å². The second-order valence-corrected chi connectivity index (χ2v) is 4.02. The molecule has 0 aromatic rings. The van der Waals surface area contributed by atoms with Gasteiger partial charge in [0.2, 0.25) is 0 Å². The van der Waals surface area contributed by atoms with E-state index in [2.05, 4.69) is 11.8 Å². The molecular formula is C10H22N2O. The van der Waals surface area contributed by atoms with E-state index in [9.17, 15) is 5.11 Å². The van der Waals surface area contributed by atoms with Gasteiger partial charge in [-0.25, -0.2) is 0 Å². The lowest BCUT2D eigenvalue weighted by Gasteiger charge is -2.40. The third-order valence-electron chi connectivity index (χ3n) is 2.99. The lowest BCUT2D eigenvalue weighted by atomic mass is 9.97. The summed E-state index contributed by atoms with van der Waals surface area (Å²) in [4.78, 5) is 2.26. The van der Waals surface area contributed by atoms with E-state index in [-0.39, 0.29) is 18.3 Å². The van der Waals surface area contributed by atoms with E-state index in [1.54, 1.807) is 0 Å². The van der Waals surface area contributed by atoms with Crippen molar-refractivity contribution in [1.82, 2.24) is 4.90 Å².